The Morgan fingerprint density at radius 1 is 1.47 bits per heavy atom. The van der Waals surface area contributed by atoms with E-state index in [4.69, 9.17) is 0 Å². The maximum Gasteiger partial charge on any atom is 0.323 e. The van der Waals surface area contributed by atoms with Crippen molar-refractivity contribution in [1.82, 2.24) is 15.1 Å². The van der Waals surface area contributed by atoms with Crippen LogP contribution in [0.1, 0.15) is 38.1 Å². The summed E-state index contributed by atoms with van der Waals surface area (Å²) in [6.45, 7) is 0. The van der Waals surface area contributed by atoms with Crippen molar-refractivity contribution >= 4 is 5.97 Å². The minimum Gasteiger partial charge on any atom is -0.480 e. The molecule has 2 unspecified atom stereocenters. The molecular formula is C12H17N3O2. The monoisotopic (exact) mass is 235 g/mol. The predicted molar refractivity (Wildman–Crippen MR) is 61.6 cm³/mol. The van der Waals surface area contributed by atoms with Gasteiger partial charge < -0.3 is 5.11 Å². The Bertz CT molecular complexity index is 413. The second kappa shape index (κ2) is 3.84. The van der Waals surface area contributed by atoms with Crippen LogP contribution in [0.2, 0.25) is 0 Å². The van der Waals surface area contributed by atoms with E-state index in [0.717, 1.165) is 19.3 Å². The molecule has 2 aliphatic rings. The molecule has 17 heavy (non-hydrogen) atoms. The van der Waals surface area contributed by atoms with Crippen molar-refractivity contribution in [3.05, 3.63) is 18.5 Å². The average molecular weight is 235 g/mol. The summed E-state index contributed by atoms with van der Waals surface area (Å²) >= 11 is 0. The maximum absolute atomic E-state index is 11.5. The molecule has 5 nitrogen and oxygen atoms in total. The van der Waals surface area contributed by atoms with Crippen LogP contribution < -0.4 is 5.32 Å². The first-order valence-corrected chi connectivity index (χ1v) is 6.20. The number of nitrogens with zero attached hydrogens (tertiary/aromatic N) is 2. The summed E-state index contributed by atoms with van der Waals surface area (Å²) in [4.78, 5) is 11.5. The van der Waals surface area contributed by atoms with Crippen LogP contribution in [-0.2, 0) is 4.79 Å². The quantitative estimate of drug-likeness (QED) is 0.822. The van der Waals surface area contributed by atoms with Gasteiger partial charge in [-0.3, -0.25) is 14.8 Å². The molecule has 3 rings (SSSR count). The van der Waals surface area contributed by atoms with Gasteiger partial charge in [0, 0.05) is 18.4 Å². The predicted octanol–water partition coefficient (Wildman–Crippen LogP) is 1.18. The van der Waals surface area contributed by atoms with Gasteiger partial charge in [-0.25, -0.2) is 0 Å². The summed E-state index contributed by atoms with van der Waals surface area (Å²) in [7, 11) is 0. The van der Waals surface area contributed by atoms with Crippen LogP contribution in [-0.4, -0.2) is 32.4 Å². The molecule has 0 spiro atoms. The van der Waals surface area contributed by atoms with Gasteiger partial charge >= 0.3 is 5.97 Å². The van der Waals surface area contributed by atoms with Gasteiger partial charge in [0.2, 0.25) is 0 Å². The van der Waals surface area contributed by atoms with Crippen LogP contribution in [0.3, 0.4) is 0 Å². The van der Waals surface area contributed by atoms with E-state index in [2.05, 4.69) is 10.4 Å². The molecule has 0 bridgehead atoms. The molecular weight excluding hydrogens is 218 g/mol. The lowest BCUT2D eigenvalue weighted by Crippen LogP contribution is -2.51. The van der Waals surface area contributed by atoms with Gasteiger partial charge in [-0.05, 0) is 38.2 Å². The summed E-state index contributed by atoms with van der Waals surface area (Å²) in [6, 6.07) is 2.52. The van der Waals surface area contributed by atoms with Gasteiger partial charge in [0.1, 0.15) is 5.54 Å². The van der Waals surface area contributed by atoms with Gasteiger partial charge in [-0.2, -0.15) is 5.10 Å². The Labute approximate surface area is 99.8 Å². The van der Waals surface area contributed by atoms with Crippen LogP contribution in [0, 0.1) is 0 Å². The molecule has 0 radical (unpaired) electrons. The Morgan fingerprint density at radius 2 is 2.29 bits per heavy atom. The van der Waals surface area contributed by atoms with Gasteiger partial charge in [-0.1, -0.05) is 0 Å². The van der Waals surface area contributed by atoms with Crippen molar-refractivity contribution in [1.29, 1.82) is 0 Å². The van der Waals surface area contributed by atoms with Crippen molar-refractivity contribution in [2.45, 2.75) is 49.7 Å². The molecule has 1 aromatic rings. The lowest BCUT2D eigenvalue weighted by molar-refractivity contribution is -0.144. The van der Waals surface area contributed by atoms with E-state index in [-0.39, 0.29) is 6.04 Å². The molecule has 92 valence electrons. The summed E-state index contributed by atoms with van der Waals surface area (Å²) in [5, 5.41) is 17.0. The molecule has 0 saturated heterocycles. The number of aromatic nitrogens is 2. The molecule has 1 aromatic heterocycles. The maximum atomic E-state index is 11.5. The SMILES string of the molecule is O=C(O)C1(NC2CC2)CCC(n2cccn2)C1. The van der Waals surface area contributed by atoms with E-state index in [0.29, 0.717) is 18.9 Å². The Morgan fingerprint density at radius 3 is 2.88 bits per heavy atom. The fourth-order valence-corrected chi connectivity index (χ4v) is 2.75. The fourth-order valence-electron chi connectivity index (χ4n) is 2.75. The van der Waals surface area contributed by atoms with E-state index in [1.165, 1.54) is 0 Å². The smallest absolute Gasteiger partial charge is 0.323 e. The van der Waals surface area contributed by atoms with Crippen molar-refractivity contribution in [3.63, 3.8) is 0 Å². The fraction of sp³-hybridized carbons (Fsp3) is 0.667. The van der Waals surface area contributed by atoms with E-state index < -0.39 is 11.5 Å². The largest absolute Gasteiger partial charge is 0.480 e. The first kappa shape index (κ1) is 10.8. The van der Waals surface area contributed by atoms with Gasteiger partial charge in [0.15, 0.2) is 0 Å². The highest BCUT2D eigenvalue weighted by atomic mass is 16.4. The number of carboxylic acids is 1. The van der Waals surface area contributed by atoms with Crippen LogP contribution >= 0.6 is 0 Å². The minimum absolute atomic E-state index is 0.215. The molecule has 2 fully saturated rings. The van der Waals surface area contributed by atoms with Gasteiger partial charge in [0.25, 0.3) is 0 Å². The highest BCUT2D eigenvalue weighted by Crippen LogP contribution is 2.39. The molecule has 2 saturated carbocycles. The zero-order valence-corrected chi connectivity index (χ0v) is 9.67. The van der Waals surface area contributed by atoms with Crippen molar-refractivity contribution in [3.8, 4) is 0 Å². The molecule has 2 N–H and O–H groups in total. The zero-order chi connectivity index (χ0) is 11.9. The van der Waals surface area contributed by atoms with Crippen molar-refractivity contribution in [2.75, 3.05) is 0 Å². The normalized spacial score (nSPS) is 32.8. The standard InChI is InChI=1S/C12H17N3O2/c16-11(17)12(14-9-2-3-9)5-4-10(8-12)15-7-1-6-13-15/h1,6-7,9-10,14H,2-5,8H2,(H,16,17). The Balaban J connectivity index is 1.76. The van der Waals surface area contributed by atoms with Crippen LogP contribution in [0.5, 0.6) is 0 Å². The third-order valence-corrected chi connectivity index (χ3v) is 3.85. The molecule has 0 aliphatic heterocycles. The molecule has 2 atom stereocenters. The summed E-state index contributed by atoms with van der Waals surface area (Å²) < 4.78 is 1.89. The molecule has 0 amide bonds. The molecule has 0 aromatic carbocycles. The van der Waals surface area contributed by atoms with E-state index >= 15 is 0 Å². The Hall–Kier alpha value is -1.36. The second-order valence-corrected chi connectivity index (χ2v) is 5.19. The lowest BCUT2D eigenvalue weighted by Gasteiger charge is -2.26. The molecule has 2 aliphatic carbocycles. The number of nitrogens with one attached hydrogen (secondary N) is 1. The van der Waals surface area contributed by atoms with Crippen molar-refractivity contribution in [2.24, 2.45) is 0 Å². The highest BCUT2D eigenvalue weighted by Gasteiger charge is 2.48. The van der Waals surface area contributed by atoms with E-state index in [9.17, 15) is 9.90 Å². The molecule has 5 heteroatoms. The number of hydrogen-bond acceptors (Lipinski definition) is 3. The number of carbonyl (C=O) groups is 1. The van der Waals surface area contributed by atoms with E-state index in [1.807, 2.05) is 16.9 Å². The summed E-state index contributed by atoms with van der Waals surface area (Å²) in [5.74, 6) is -0.709. The number of aliphatic carboxylic acids is 1. The summed E-state index contributed by atoms with van der Waals surface area (Å²) in [6.07, 6.45) is 8.11. The van der Waals surface area contributed by atoms with Crippen LogP contribution in [0.15, 0.2) is 18.5 Å². The Kier molecular flexibility index (Phi) is 2.43. The number of rotatable bonds is 4. The zero-order valence-electron chi connectivity index (χ0n) is 9.67. The molecule has 1 heterocycles. The average Bonchev–Trinajstić information content (AvgIpc) is 2.83. The van der Waals surface area contributed by atoms with Crippen LogP contribution in [0.4, 0.5) is 0 Å². The third-order valence-electron chi connectivity index (χ3n) is 3.85. The first-order valence-electron chi connectivity index (χ1n) is 6.20. The second-order valence-electron chi connectivity index (χ2n) is 5.19. The van der Waals surface area contributed by atoms with Gasteiger partial charge in [-0.15, -0.1) is 0 Å². The topological polar surface area (TPSA) is 67.2 Å². The minimum atomic E-state index is -0.724. The van der Waals surface area contributed by atoms with Crippen LogP contribution in [0.25, 0.3) is 0 Å². The highest BCUT2D eigenvalue weighted by molar-refractivity contribution is 5.79. The van der Waals surface area contributed by atoms with Crippen molar-refractivity contribution < 1.29 is 9.90 Å². The number of hydrogen-bond donors (Lipinski definition) is 2. The lowest BCUT2D eigenvalue weighted by atomic mass is 9.97. The first-order chi connectivity index (χ1) is 8.20. The third kappa shape index (κ3) is 1.95. The number of carboxylic acid groups (broad SMARTS) is 1. The van der Waals surface area contributed by atoms with E-state index in [1.54, 1.807) is 6.20 Å². The summed E-state index contributed by atoms with van der Waals surface area (Å²) in [5.41, 5.74) is -0.724. The van der Waals surface area contributed by atoms with Gasteiger partial charge in [0.05, 0.1) is 6.04 Å².